The lowest BCUT2D eigenvalue weighted by Crippen LogP contribution is -2.34. The summed E-state index contributed by atoms with van der Waals surface area (Å²) in [6.45, 7) is 9.40. The molecule has 3 rings (SSSR count). The molecule has 6 nitrogen and oxygen atoms in total. The number of aromatic nitrogens is 2. The summed E-state index contributed by atoms with van der Waals surface area (Å²) in [5, 5.41) is 1.12. The van der Waals surface area contributed by atoms with Crippen molar-refractivity contribution in [1.82, 2.24) is 19.8 Å². The Labute approximate surface area is 172 Å². The van der Waals surface area contributed by atoms with Crippen molar-refractivity contribution in [3.63, 3.8) is 0 Å². The third-order valence-corrected chi connectivity index (χ3v) is 6.36. The number of hydrogen-bond donors (Lipinski definition) is 0. The van der Waals surface area contributed by atoms with E-state index in [4.69, 9.17) is 0 Å². The number of anilines is 1. The van der Waals surface area contributed by atoms with Crippen molar-refractivity contribution in [2.24, 2.45) is 0 Å². The monoisotopic (exact) mass is 401 g/mol. The molecular formula is C21H31N5OS. The van der Waals surface area contributed by atoms with E-state index in [0.29, 0.717) is 11.5 Å². The van der Waals surface area contributed by atoms with Gasteiger partial charge in [0.1, 0.15) is 0 Å². The first-order valence-electron chi connectivity index (χ1n) is 10.1. The highest BCUT2D eigenvalue weighted by Crippen LogP contribution is 2.29. The van der Waals surface area contributed by atoms with Gasteiger partial charge in [-0.15, -0.1) is 11.3 Å². The van der Waals surface area contributed by atoms with E-state index in [9.17, 15) is 4.79 Å². The average Bonchev–Trinajstić information content (AvgIpc) is 3.17. The fraction of sp³-hybridized carbons (Fsp3) is 0.571. The Hall–Kier alpha value is -1.99. The first kappa shape index (κ1) is 20.7. The minimum Gasteiger partial charge on any atom is -0.349 e. The van der Waals surface area contributed by atoms with Crippen LogP contribution in [0.2, 0.25) is 0 Å². The lowest BCUT2D eigenvalue weighted by Gasteiger charge is -2.32. The number of piperidine rings is 1. The van der Waals surface area contributed by atoms with E-state index in [2.05, 4.69) is 33.6 Å². The van der Waals surface area contributed by atoms with Gasteiger partial charge >= 0.3 is 0 Å². The topological polar surface area (TPSA) is 52.6 Å². The van der Waals surface area contributed by atoms with Crippen molar-refractivity contribution in [3.8, 4) is 0 Å². The van der Waals surface area contributed by atoms with Crippen LogP contribution in [0, 0.1) is 0 Å². The number of carbonyl (C=O) groups excluding carboxylic acids is 1. The number of rotatable bonds is 7. The van der Waals surface area contributed by atoms with Gasteiger partial charge in [-0.3, -0.25) is 14.7 Å². The molecule has 1 aliphatic rings. The molecule has 0 saturated carbocycles. The number of hydrogen-bond acceptors (Lipinski definition) is 6. The summed E-state index contributed by atoms with van der Waals surface area (Å²) in [4.78, 5) is 29.0. The summed E-state index contributed by atoms with van der Waals surface area (Å²) in [6, 6.07) is 3.93. The van der Waals surface area contributed by atoms with Crippen LogP contribution >= 0.6 is 11.3 Å². The number of likely N-dealkylation sites (tertiary alicyclic amines) is 1. The zero-order valence-corrected chi connectivity index (χ0v) is 18.2. The van der Waals surface area contributed by atoms with E-state index in [1.807, 2.05) is 18.3 Å². The molecule has 2 aromatic heterocycles. The molecule has 28 heavy (non-hydrogen) atoms. The van der Waals surface area contributed by atoms with Crippen molar-refractivity contribution in [2.75, 3.05) is 45.2 Å². The highest BCUT2D eigenvalue weighted by Gasteiger charge is 2.23. The van der Waals surface area contributed by atoms with Crippen LogP contribution in [-0.4, -0.2) is 65.9 Å². The maximum atomic E-state index is 12.1. The first-order valence-corrected chi connectivity index (χ1v) is 10.9. The van der Waals surface area contributed by atoms with E-state index in [0.717, 1.165) is 50.0 Å². The van der Waals surface area contributed by atoms with Crippen molar-refractivity contribution in [2.45, 2.75) is 39.2 Å². The molecule has 0 spiro atoms. The van der Waals surface area contributed by atoms with E-state index in [1.54, 1.807) is 36.5 Å². The lowest BCUT2D eigenvalue weighted by atomic mass is 9.94. The fourth-order valence-corrected chi connectivity index (χ4v) is 4.78. The quantitative estimate of drug-likeness (QED) is 0.711. The second-order valence-corrected chi connectivity index (χ2v) is 8.62. The molecule has 0 bridgehead atoms. The number of amides is 1. The van der Waals surface area contributed by atoms with E-state index < -0.39 is 0 Å². The highest BCUT2D eigenvalue weighted by molar-refractivity contribution is 7.15. The Morgan fingerprint density at radius 3 is 2.64 bits per heavy atom. The number of carbonyl (C=O) groups is 1. The molecule has 2 aromatic rings. The largest absolute Gasteiger partial charge is 0.349 e. The standard InChI is InChI=1S/C21H31N5OS/c1-5-26(6-2)21-23-13-18(28-21)15-25-11-7-8-17(14-25)19-10-9-16(12-22-19)20(27)24(3)4/h9-10,12-13,17H,5-8,11,14-15H2,1-4H3. The SMILES string of the molecule is CCN(CC)c1ncc(CN2CCCC(c3ccc(C(=O)N(C)C)cn3)C2)s1. The highest BCUT2D eigenvalue weighted by atomic mass is 32.1. The molecule has 1 unspecified atom stereocenters. The molecular weight excluding hydrogens is 370 g/mol. The Bertz CT molecular complexity index is 769. The molecule has 1 amide bonds. The molecule has 1 fully saturated rings. The third kappa shape index (κ3) is 4.89. The molecule has 152 valence electrons. The maximum absolute atomic E-state index is 12.1. The van der Waals surface area contributed by atoms with E-state index in [1.165, 1.54) is 11.3 Å². The summed E-state index contributed by atoms with van der Waals surface area (Å²) >= 11 is 1.80. The van der Waals surface area contributed by atoms with Gasteiger partial charge in [-0.1, -0.05) is 0 Å². The average molecular weight is 402 g/mol. The zero-order valence-electron chi connectivity index (χ0n) is 17.4. The predicted molar refractivity (Wildman–Crippen MR) is 115 cm³/mol. The van der Waals surface area contributed by atoms with Crippen LogP contribution in [0.1, 0.15) is 53.5 Å². The van der Waals surface area contributed by atoms with Gasteiger partial charge in [0.25, 0.3) is 5.91 Å². The van der Waals surface area contributed by atoms with Crippen LogP contribution in [-0.2, 0) is 6.54 Å². The Morgan fingerprint density at radius 1 is 1.21 bits per heavy atom. The normalized spacial score (nSPS) is 17.5. The summed E-state index contributed by atoms with van der Waals surface area (Å²) < 4.78 is 0. The van der Waals surface area contributed by atoms with Crippen LogP contribution in [0.4, 0.5) is 5.13 Å². The minimum atomic E-state index is -0.00137. The molecule has 1 aliphatic heterocycles. The van der Waals surface area contributed by atoms with Gasteiger partial charge in [0, 0.05) is 69.2 Å². The molecule has 3 heterocycles. The molecule has 0 radical (unpaired) electrons. The fourth-order valence-electron chi connectivity index (χ4n) is 3.70. The van der Waals surface area contributed by atoms with Crippen LogP contribution in [0.3, 0.4) is 0 Å². The van der Waals surface area contributed by atoms with Crippen LogP contribution < -0.4 is 4.90 Å². The van der Waals surface area contributed by atoms with Crippen molar-refractivity contribution in [3.05, 3.63) is 40.7 Å². The molecule has 0 N–H and O–H groups in total. The second-order valence-electron chi connectivity index (χ2n) is 7.53. The van der Waals surface area contributed by atoms with E-state index in [-0.39, 0.29) is 5.91 Å². The molecule has 1 saturated heterocycles. The predicted octanol–water partition coefficient (Wildman–Crippen LogP) is 3.47. The Kier molecular flexibility index (Phi) is 7.02. The number of pyridine rings is 1. The Balaban J connectivity index is 1.62. The lowest BCUT2D eigenvalue weighted by molar-refractivity contribution is 0.0827. The van der Waals surface area contributed by atoms with Crippen LogP contribution in [0.5, 0.6) is 0 Å². The van der Waals surface area contributed by atoms with E-state index >= 15 is 0 Å². The molecule has 0 aromatic carbocycles. The molecule has 7 heteroatoms. The molecule has 1 atom stereocenters. The van der Waals surface area contributed by atoms with Gasteiger partial charge in [-0.2, -0.15) is 0 Å². The smallest absolute Gasteiger partial charge is 0.254 e. The number of nitrogens with zero attached hydrogens (tertiary/aromatic N) is 5. The van der Waals surface area contributed by atoms with Gasteiger partial charge in [0.2, 0.25) is 0 Å². The van der Waals surface area contributed by atoms with Crippen LogP contribution in [0.25, 0.3) is 0 Å². The number of thiazole rings is 1. The summed E-state index contributed by atoms with van der Waals surface area (Å²) in [6.07, 6.45) is 6.07. The first-order chi connectivity index (χ1) is 13.5. The maximum Gasteiger partial charge on any atom is 0.254 e. The summed E-state index contributed by atoms with van der Waals surface area (Å²) in [5.41, 5.74) is 1.74. The van der Waals surface area contributed by atoms with Crippen molar-refractivity contribution < 1.29 is 4.79 Å². The van der Waals surface area contributed by atoms with Gasteiger partial charge in [0.15, 0.2) is 5.13 Å². The zero-order chi connectivity index (χ0) is 20.1. The van der Waals surface area contributed by atoms with Crippen molar-refractivity contribution in [1.29, 1.82) is 0 Å². The minimum absolute atomic E-state index is 0.00137. The third-order valence-electron chi connectivity index (χ3n) is 5.32. The van der Waals surface area contributed by atoms with Crippen molar-refractivity contribution >= 4 is 22.4 Å². The van der Waals surface area contributed by atoms with Gasteiger partial charge in [-0.05, 0) is 45.4 Å². The van der Waals surface area contributed by atoms with Gasteiger partial charge in [-0.25, -0.2) is 4.98 Å². The second kappa shape index (κ2) is 9.47. The molecule has 0 aliphatic carbocycles. The van der Waals surface area contributed by atoms with Gasteiger partial charge in [0.05, 0.1) is 5.56 Å². The van der Waals surface area contributed by atoms with Gasteiger partial charge < -0.3 is 9.80 Å². The summed E-state index contributed by atoms with van der Waals surface area (Å²) in [5.74, 6) is 0.422. The summed E-state index contributed by atoms with van der Waals surface area (Å²) in [7, 11) is 3.53. The van der Waals surface area contributed by atoms with Crippen LogP contribution in [0.15, 0.2) is 24.5 Å². The Morgan fingerprint density at radius 2 is 2.00 bits per heavy atom.